The Balaban J connectivity index is 1.92. The summed E-state index contributed by atoms with van der Waals surface area (Å²) in [5.74, 6) is 0.333. The molecule has 3 nitrogen and oxygen atoms in total. The van der Waals surface area contributed by atoms with Crippen LogP contribution in [0.1, 0.15) is 20.3 Å². The molecule has 0 saturated carbocycles. The molecule has 1 aliphatic rings. The fourth-order valence-corrected chi connectivity index (χ4v) is 2.64. The minimum atomic E-state index is 0.0531. The fraction of sp³-hybridized carbons (Fsp3) is 0.533. The van der Waals surface area contributed by atoms with Gasteiger partial charge in [0.1, 0.15) is 5.78 Å². The Labute approximate surface area is 120 Å². The van der Waals surface area contributed by atoms with Crippen LogP contribution in [0.25, 0.3) is 0 Å². The summed E-state index contributed by atoms with van der Waals surface area (Å²) in [5, 5.41) is 0.768. The number of hydrogen-bond donors (Lipinski definition) is 0. The second kappa shape index (κ2) is 6.40. The van der Waals surface area contributed by atoms with Crippen molar-refractivity contribution in [2.24, 2.45) is 0 Å². The predicted octanol–water partition coefficient (Wildman–Crippen LogP) is 2.83. The van der Waals surface area contributed by atoms with Crippen molar-refractivity contribution in [1.29, 1.82) is 0 Å². The van der Waals surface area contributed by atoms with E-state index < -0.39 is 0 Å². The van der Waals surface area contributed by atoms with E-state index in [9.17, 15) is 4.79 Å². The molecule has 19 heavy (non-hydrogen) atoms. The molecule has 1 aromatic rings. The lowest BCUT2D eigenvalue weighted by atomic mass is 10.1. The van der Waals surface area contributed by atoms with E-state index in [1.807, 2.05) is 26.0 Å². The quantitative estimate of drug-likeness (QED) is 0.847. The van der Waals surface area contributed by atoms with Crippen molar-refractivity contribution in [3.05, 3.63) is 29.3 Å². The van der Waals surface area contributed by atoms with Gasteiger partial charge in [0.2, 0.25) is 0 Å². The van der Waals surface area contributed by atoms with E-state index in [1.165, 1.54) is 5.69 Å². The van der Waals surface area contributed by atoms with Gasteiger partial charge in [-0.3, -0.25) is 9.69 Å². The third-order valence-electron chi connectivity index (χ3n) is 3.87. The maximum atomic E-state index is 11.7. The number of carbonyl (C=O) groups is 1. The SMILES string of the molecule is CCC(=O)C(C)N1CCN(c2ccc(Cl)cc2)CC1. The van der Waals surface area contributed by atoms with Gasteiger partial charge < -0.3 is 4.90 Å². The number of hydrogen-bond acceptors (Lipinski definition) is 3. The predicted molar refractivity (Wildman–Crippen MR) is 80.0 cm³/mol. The Hall–Kier alpha value is -1.06. The Morgan fingerprint density at radius 2 is 1.79 bits per heavy atom. The molecular weight excluding hydrogens is 260 g/mol. The van der Waals surface area contributed by atoms with Gasteiger partial charge in [-0.05, 0) is 31.2 Å². The molecule has 1 aliphatic heterocycles. The summed E-state index contributed by atoms with van der Waals surface area (Å²) >= 11 is 5.90. The first-order valence-corrected chi connectivity index (χ1v) is 7.27. The summed E-state index contributed by atoms with van der Waals surface area (Å²) < 4.78 is 0. The zero-order chi connectivity index (χ0) is 13.8. The second-order valence-corrected chi connectivity index (χ2v) is 5.43. The summed E-state index contributed by atoms with van der Waals surface area (Å²) in [6.07, 6.45) is 0.624. The maximum Gasteiger partial charge on any atom is 0.149 e. The lowest BCUT2D eigenvalue weighted by molar-refractivity contribution is -0.123. The molecule has 0 bridgehead atoms. The monoisotopic (exact) mass is 280 g/mol. The van der Waals surface area contributed by atoms with Gasteiger partial charge in [-0.25, -0.2) is 0 Å². The lowest BCUT2D eigenvalue weighted by Crippen LogP contribution is -2.51. The van der Waals surface area contributed by atoms with Gasteiger partial charge in [0, 0.05) is 43.3 Å². The minimum Gasteiger partial charge on any atom is -0.369 e. The molecule has 1 atom stereocenters. The van der Waals surface area contributed by atoms with E-state index >= 15 is 0 Å². The van der Waals surface area contributed by atoms with Crippen LogP contribution >= 0.6 is 11.6 Å². The normalized spacial score (nSPS) is 18.4. The van der Waals surface area contributed by atoms with Gasteiger partial charge in [-0.15, -0.1) is 0 Å². The summed E-state index contributed by atoms with van der Waals surface area (Å²) in [5.41, 5.74) is 1.21. The molecule has 2 rings (SSSR count). The molecule has 0 N–H and O–H groups in total. The van der Waals surface area contributed by atoms with Gasteiger partial charge in [-0.1, -0.05) is 18.5 Å². The topological polar surface area (TPSA) is 23.6 Å². The van der Waals surface area contributed by atoms with Gasteiger partial charge >= 0.3 is 0 Å². The largest absolute Gasteiger partial charge is 0.369 e. The second-order valence-electron chi connectivity index (χ2n) is 5.00. The smallest absolute Gasteiger partial charge is 0.149 e. The van der Waals surface area contributed by atoms with Gasteiger partial charge in [0.25, 0.3) is 0 Å². The molecule has 1 unspecified atom stereocenters. The number of anilines is 1. The van der Waals surface area contributed by atoms with Gasteiger partial charge in [0.15, 0.2) is 0 Å². The van der Waals surface area contributed by atoms with E-state index in [2.05, 4.69) is 21.9 Å². The van der Waals surface area contributed by atoms with E-state index in [0.29, 0.717) is 12.2 Å². The summed E-state index contributed by atoms with van der Waals surface area (Å²) in [6, 6.07) is 8.01. The number of ketones is 1. The minimum absolute atomic E-state index is 0.0531. The Bertz CT molecular complexity index is 424. The van der Waals surface area contributed by atoms with Gasteiger partial charge in [-0.2, -0.15) is 0 Å². The number of halogens is 1. The number of nitrogens with zero attached hydrogens (tertiary/aromatic N) is 2. The molecule has 0 aliphatic carbocycles. The molecule has 1 aromatic carbocycles. The van der Waals surface area contributed by atoms with Crippen molar-refractivity contribution in [3.8, 4) is 0 Å². The summed E-state index contributed by atoms with van der Waals surface area (Å²) in [6.45, 7) is 7.75. The van der Waals surface area contributed by atoms with Crippen molar-refractivity contribution in [1.82, 2.24) is 4.90 Å². The molecule has 1 saturated heterocycles. The number of Topliss-reactive ketones (excluding diaryl/α,β-unsaturated/α-hetero) is 1. The van der Waals surface area contributed by atoms with Crippen LogP contribution in [-0.4, -0.2) is 42.9 Å². The third kappa shape index (κ3) is 3.48. The standard InChI is InChI=1S/C15H21ClN2O/c1-3-15(19)12(2)17-8-10-18(11-9-17)14-6-4-13(16)5-7-14/h4-7,12H,3,8-11H2,1-2H3. The van der Waals surface area contributed by atoms with Crippen molar-refractivity contribution < 1.29 is 4.79 Å². The van der Waals surface area contributed by atoms with E-state index in [0.717, 1.165) is 31.2 Å². The van der Waals surface area contributed by atoms with Crippen LogP contribution in [0.4, 0.5) is 5.69 Å². The van der Waals surface area contributed by atoms with E-state index in [-0.39, 0.29) is 6.04 Å². The van der Waals surface area contributed by atoms with Crippen LogP contribution in [0.5, 0.6) is 0 Å². The highest BCUT2D eigenvalue weighted by atomic mass is 35.5. The van der Waals surface area contributed by atoms with Crippen LogP contribution in [0.2, 0.25) is 5.02 Å². The Morgan fingerprint density at radius 3 is 2.32 bits per heavy atom. The van der Waals surface area contributed by atoms with Crippen molar-refractivity contribution in [2.45, 2.75) is 26.3 Å². The number of carbonyl (C=O) groups excluding carboxylic acids is 1. The van der Waals surface area contributed by atoms with Crippen molar-refractivity contribution in [3.63, 3.8) is 0 Å². The number of benzene rings is 1. The highest BCUT2D eigenvalue weighted by molar-refractivity contribution is 6.30. The summed E-state index contributed by atoms with van der Waals surface area (Å²) in [4.78, 5) is 16.3. The third-order valence-corrected chi connectivity index (χ3v) is 4.12. The maximum absolute atomic E-state index is 11.7. The number of piperazine rings is 1. The van der Waals surface area contributed by atoms with Crippen molar-refractivity contribution >= 4 is 23.1 Å². The van der Waals surface area contributed by atoms with E-state index in [4.69, 9.17) is 11.6 Å². The van der Waals surface area contributed by atoms with Crippen LogP contribution in [0.15, 0.2) is 24.3 Å². The molecule has 1 fully saturated rings. The lowest BCUT2D eigenvalue weighted by Gasteiger charge is -2.38. The first kappa shape index (κ1) is 14.4. The van der Waals surface area contributed by atoms with Crippen LogP contribution < -0.4 is 4.90 Å². The molecule has 0 amide bonds. The fourth-order valence-electron chi connectivity index (χ4n) is 2.52. The molecule has 1 heterocycles. The van der Waals surface area contributed by atoms with Crippen LogP contribution in [0.3, 0.4) is 0 Å². The van der Waals surface area contributed by atoms with Crippen LogP contribution in [-0.2, 0) is 4.79 Å². The van der Waals surface area contributed by atoms with Crippen molar-refractivity contribution in [2.75, 3.05) is 31.1 Å². The average Bonchev–Trinajstić information content (AvgIpc) is 2.46. The highest BCUT2D eigenvalue weighted by Gasteiger charge is 2.24. The summed E-state index contributed by atoms with van der Waals surface area (Å²) in [7, 11) is 0. The van der Waals surface area contributed by atoms with Gasteiger partial charge in [0.05, 0.1) is 6.04 Å². The molecule has 0 radical (unpaired) electrons. The zero-order valence-corrected chi connectivity index (χ0v) is 12.4. The van der Waals surface area contributed by atoms with E-state index in [1.54, 1.807) is 0 Å². The first-order chi connectivity index (χ1) is 9.11. The Kier molecular flexibility index (Phi) is 4.83. The molecule has 0 aromatic heterocycles. The zero-order valence-electron chi connectivity index (χ0n) is 11.6. The van der Waals surface area contributed by atoms with Crippen LogP contribution in [0, 0.1) is 0 Å². The average molecular weight is 281 g/mol. The molecule has 4 heteroatoms. The molecule has 0 spiro atoms. The highest BCUT2D eigenvalue weighted by Crippen LogP contribution is 2.20. The molecule has 104 valence electrons. The Morgan fingerprint density at radius 1 is 1.21 bits per heavy atom. The first-order valence-electron chi connectivity index (χ1n) is 6.89. The number of rotatable bonds is 4. The molecular formula is C15H21ClN2O.